The van der Waals surface area contributed by atoms with E-state index in [9.17, 15) is 5.11 Å². The zero-order valence-corrected chi connectivity index (χ0v) is 14.1. The van der Waals surface area contributed by atoms with Crippen molar-refractivity contribution in [2.24, 2.45) is 11.8 Å². The maximum Gasteiger partial charge on any atom is 0.0739 e. The highest BCUT2D eigenvalue weighted by Crippen LogP contribution is 2.29. The van der Waals surface area contributed by atoms with Crippen molar-refractivity contribution in [3.63, 3.8) is 0 Å². The summed E-state index contributed by atoms with van der Waals surface area (Å²) in [5, 5.41) is 17.5. The van der Waals surface area contributed by atoms with Gasteiger partial charge >= 0.3 is 0 Å². The molecule has 1 aliphatic carbocycles. The first-order valence-electron chi connectivity index (χ1n) is 7.70. The third-order valence-electron chi connectivity index (χ3n) is 4.45. The molecule has 0 aromatic carbocycles. The molecule has 2 atom stereocenters. The van der Waals surface area contributed by atoms with Gasteiger partial charge < -0.3 is 10.4 Å². The van der Waals surface area contributed by atoms with Crippen LogP contribution in [0.2, 0.25) is 0 Å². The van der Waals surface area contributed by atoms with E-state index in [0.717, 1.165) is 29.8 Å². The second-order valence-corrected chi connectivity index (χ2v) is 6.57. The summed E-state index contributed by atoms with van der Waals surface area (Å²) in [5.74, 6) is 1.10. The van der Waals surface area contributed by atoms with Gasteiger partial charge in [-0.2, -0.15) is 5.10 Å². The molecule has 0 bridgehead atoms. The quantitative estimate of drug-likeness (QED) is 0.834. The molecule has 1 heterocycles. The summed E-state index contributed by atoms with van der Waals surface area (Å²) < 4.78 is 3.17. The van der Waals surface area contributed by atoms with E-state index < -0.39 is 0 Å². The lowest BCUT2D eigenvalue weighted by Gasteiger charge is -2.30. The molecule has 1 fully saturated rings. The molecule has 114 valence electrons. The van der Waals surface area contributed by atoms with E-state index in [-0.39, 0.29) is 0 Å². The van der Waals surface area contributed by atoms with Gasteiger partial charge in [0.25, 0.3) is 0 Å². The van der Waals surface area contributed by atoms with Gasteiger partial charge in [-0.1, -0.05) is 12.8 Å². The topological polar surface area (TPSA) is 50.1 Å². The van der Waals surface area contributed by atoms with Crippen LogP contribution in [0.4, 0.5) is 0 Å². The van der Waals surface area contributed by atoms with Gasteiger partial charge in [0.2, 0.25) is 0 Å². The molecule has 4 nitrogen and oxygen atoms in total. The first-order chi connectivity index (χ1) is 9.67. The standard InChI is InChI=1S/C15H26BrN3O/c1-3-19-14(15(16)11(2)18-19)9-17-8-12-6-4-5-7-13(12)10-20/h12-13,17,20H,3-10H2,1-2H3. The molecule has 1 aromatic heterocycles. The van der Waals surface area contributed by atoms with Gasteiger partial charge in [-0.3, -0.25) is 4.68 Å². The first kappa shape index (κ1) is 16.0. The highest BCUT2D eigenvalue weighted by atomic mass is 79.9. The molecule has 1 aliphatic rings. The van der Waals surface area contributed by atoms with Crippen molar-refractivity contribution in [3.8, 4) is 0 Å². The molecule has 20 heavy (non-hydrogen) atoms. The predicted molar refractivity (Wildman–Crippen MR) is 84.6 cm³/mol. The highest BCUT2D eigenvalue weighted by molar-refractivity contribution is 9.10. The Morgan fingerprint density at radius 2 is 2.05 bits per heavy atom. The van der Waals surface area contributed by atoms with Gasteiger partial charge in [-0.05, 0) is 61.0 Å². The van der Waals surface area contributed by atoms with Gasteiger partial charge in [-0.25, -0.2) is 0 Å². The van der Waals surface area contributed by atoms with E-state index in [1.54, 1.807) is 0 Å². The van der Waals surface area contributed by atoms with Crippen LogP contribution < -0.4 is 5.32 Å². The summed E-state index contributed by atoms with van der Waals surface area (Å²) in [5.41, 5.74) is 2.27. The van der Waals surface area contributed by atoms with Crippen molar-refractivity contribution < 1.29 is 5.11 Å². The molecular weight excluding hydrogens is 318 g/mol. The van der Waals surface area contributed by atoms with E-state index in [1.165, 1.54) is 31.4 Å². The molecule has 2 unspecified atom stereocenters. The third kappa shape index (κ3) is 3.62. The Bertz CT molecular complexity index is 433. The number of aryl methyl sites for hydroxylation is 2. The fourth-order valence-corrected chi connectivity index (χ4v) is 3.63. The smallest absolute Gasteiger partial charge is 0.0739 e. The molecule has 2 N–H and O–H groups in total. The molecule has 1 saturated carbocycles. The second kappa shape index (κ2) is 7.57. The largest absolute Gasteiger partial charge is 0.396 e. The molecule has 0 saturated heterocycles. The summed E-state index contributed by atoms with van der Waals surface area (Å²) in [6.45, 7) is 7.21. The van der Waals surface area contributed by atoms with Gasteiger partial charge in [0.1, 0.15) is 0 Å². The lowest BCUT2D eigenvalue weighted by atomic mass is 9.79. The van der Waals surface area contributed by atoms with Gasteiger partial charge in [0.15, 0.2) is 0 Å². The van der Waals surface area contributed by atoms with E-state index in [1.807, 2.05) is 6.92 Å². The second-order valence-electron chi connectivity index (χ2n) is 5.78. The summed E-state index contributed by atoms with van der Waals surface area (Å²) in [6.07, 6.45) is 5.00. The third-order valence-corrected chi connectivity index (χ3v) is 5.48. The minimum Gasteiger partial charge on any atom is -0.396 e. The van der Waals surface area contributed by atoms with Crippen LogP contribution in [0.25, 0.3) is 0 Å². The van der Waals surface area contributed by atoms with Gasteiger partial charge in [0.05, 0.1) is 15.9 Å². The Balaban J connectivity index is 1.89. The van der Waals surface area contributed by atoms with E-state index in [2.05, 4.69) is 38.0 Å². The Morgan fingerprint density at radius 1 is 1.35 bits per heavy atom. The van der Waals surface area contributed by atoms with Crippen LogP contribution in [0, 0.1) is 18.8 Å². The Morgan fingerprint density at radius 3 is 2.70 bits per heavy atom. The number of hydrogen-bond acceptors (Lipinski definition) is 3. The van der Waals surface area contributed by atoms with Crippen molar-refractivity contribution in [2.45, 2.75) is 52.6 Å². The number of aromatic nitrogens is 2. The van der Waals surface area contributed by atoms with Gasteiger partial charge in [0, 0.05) is 19.7 Å². The molecule has 1 aromatic rings. The number of rotatable bonds is 6. The Kier molecular flexibility index (Phi) is 6.05. The van der Waals surface area contributed by atoms with Crippen molar-refractivity contribution in [1.82, 2.24) is 15.1 Å². The maximum absolute atomic E-state index is 9.46. The van der Waals surface area contributed by atoms with Crippen molar-refractivity contribution >= 4 is 15.9 Å². The number of halogens is 1. The molecular formula is C15H26BrN3O. The zero-order valence-electron chi connectivity index (χ0n) is 12.5. The van der Waals surface area contributed by atoms with Crippen LogP contribution >= 0.6 is 15.9 Å². The molecule has 0 amide bonds. The monoisotopic (exact) mass is 343 g/mol. The zero-order chi connectivity index (χ0) is 14.5. The van der Waals surface area contributed by atoms with Crippen LogP contribution in [0.1, 0.15) is 44.0 Å². The highest BCUT2D eigenvalue weighted by Gasteiger charge is 2.24. The fraction of sp³-hybridized carbons (Fsp3) is 0.800. The average molecular weight is 344 g/mol. The Labute approximate surface area is 130 Å². The lowest BCUT2D eigenvalue weighted by molar-refractivity contribution is 0.133. The Hall–Kier alpha value is -0.390. The lowest BCUT2D eigenvalue weighted by Crippen LogP contribution is -2.32. The molecule has 5 heteroatoms. The number of nitrogens with zero attached hydrogens (tertiary/aromatic N) is 2. The van der Waals surface area contributed by atoms with Crippen LogP contribution in [-0.2, 0) is 13.1 Å². The minimum atomic E-state index is 0.335. The van der Waals surface area contributed by atoms with Crippen LogP contribution in [-0.4, -0.2) is 28.0 Å². The maximum atomic E-state index is 9.46. The van der Waals surface area contributed by atoms with Crippen molar-refractivity contribution in [2.75, 3.05) is 13.2 Å². The van der Waals surface area contributed by atoms with Gasteiger partial charge in [-0.15, -0.1) is 0 Å². The summed E-state index contributed by atoms with van der Waals surface area (Å²) >= 11 is 3.63. The molecule has 0 aliphatic heterocycles. The van der Waals surface area contributed by atoms with Crippen molar-refractivity contribution in [3.05, 3.63) is 15.9 Å². The van der Waals surface area contributed by atoms with Crippen LogP contribution in [0.15, 0.2) is 4.47 Å². The van der Waals surface area contributed by atoms with E-state index in [0.29, 0.717) is 18.4 Å². The van der Waals surface area contributed by atoms with Crippen LogP contribution in [0.3, 0.4) is 0 Å². The number of nitrogens with one attached hydrogen (secondary N) is 1. The summed E-state index contributed by atoms with van der Waals surface area (Å²) in [6, 6.07) is 0. The van der Waals surface area contributed by atoms with E-state index >= 15 is 0 Å². The van der Waals surface area contributed by atoms with Crippen molar-refractivity contribution in [1.29, 1.82) is 0 Å². The summed E-state index contributed by atoms with van der Waals surface area (Å²) in [7, 11) is 0. The number of hydrogen-bond donors (Lipinski definition) is 2. The minimum absolute atomic E-state index is 0.335. The average Bonchev–Trinajstić information content (AvgIpc) is 2.75. The SMILES string of the molecule is CCn1nc(C)c(Br)c1CNCC1CCCCC1CO. The first-order valence-corrected chi connectivity index (χ1v) is 8.50. The van der Waals surface area contributed by atoms with Crippen LogP contribution in [0.5, 0.6) is 0 Å². The molecule has 2 rings (SSSR count). The number of aliphatic hydroxyl groups is 1. The molecule has 0 radical (unpaired) electrons. The van der Waals surface area contributed by atoms with E-state index in [4.69, 9.17) is 0 Å². The predicted octanol–water partition coefficient (Wildman–Crippen LogP) is 2.86. The number of aliphatic hydroxyl groups excluding tert-OH is 1. The fourth-order valence-electron chi connectivity index (χ4n) is 3.21. The summed E-state index contributed by atoms with van der Waals surface area (Å²) in [4.78, 5) is 0. The normalized spacial score (nSPS) is 23.2. The molecule has 0 spiro atoms.